The lowest BCUT2D eigenvalue weighted by atomic mass is 9.83. The molecule has 1 aliphatic rings. The maximum absolute atomic E-state index is 13.0. The van der Waals surface area contributed by atoms with Crippen LogP contribution < -0.4 is 10.2 Å². The number of hydrogen-bond acceptors (Lipinski definition) is 2. The minimum Gasteiger partial charge on any atom is -0.349 e. The van der Waals surface area contributed by atoms with E-state index in [4.69, 9.17) is 0 Å². The van der Waals surface area contributed by atoms with E-state index in [1.54, 1.807) is 0 Å². The summed E-state index contributed by atoms with van der Waals surface area (Å²) in [5, 5.41) is 3.14. The van der Waals surface area contributed by atoms with Gasteiger partial charge in [0.2, 0.25) is 11.8 Å². The minimum atomic E-state index is -0.621. The Labute approximate surface area is 161 Å². The third-order valence-corrected chi connectivity index (χ3v) is 5.44. The largest absolute Gasteiger partial charge is 0.349 e. The monoisotopic (exact) mass is 364 g/mol. The highest BCUT2D eigenvalue weighted by Crippen LogP contribution is 2.27. The Morgan fingerprint density at radius 3 is 2.48 bits per heavy atom. The van der Waals surface area contributed by atoms with Gasteiger partial charge in [0.05, 0.1) is 11.5 Å². The van der Waals surface area contributed by atoms with Crippen LogP contribution in [-0.2, 0) is 15.0 Å². The van der Waals surface area contributed by atoms with E-state index in [9.17, 15) is 9.59 Å². The molecule has 2 aromatic carbocycles. The summed E-state index contributed by atoms with van der Waals surface area (Å²) in [6.45, 7) is 8.67. The predicted molar refractivity (Wildman–Crippen MR) is 109 cm³/mol. The van der Waals surface area contributed by atoms with Gasteiger partial charge in [-0.3, -0.25) is 9.59 Å². The average molecular weight is 364 g/mol. The first kappa shape index (κ1) is 19.2. The fraction of sp³-hybridized carbons (Fsp3) is 0.391. The molecule has 4 heteroatoms. The van der Waals surface area contributed by atoms with Crippen molar-refractivity contribution >= 4 is 17.5 Å². The van der Waals surface area contributed by atoms with E-state index >= 15 is 0 Å². The lowest BCUT2D eigenvalue weighted by Gasteiger charge is -2.27. The summed E-state index contributed by atoms with van der Waals surface area (Å²) >= 11 is 0. The van der Waals surface area contributed by atoms with Gasteiger partial charge in [-0.05, 0) is 57.4 Å². The Kier molecular flexibility index (Phi) is 5.36. The van der Waals surface area contributed by atoms with Crippen LogP contribution in [0.4, 0.5) is 5.69 Å². The third-order valence-electron chi connectivity index (χ3n) is 5.44. The number of carbonyl (C=O) groups excluding carboxylic acids is 2. The zero-order chi connectivity index (χ0) is 19.6. The topological polar surface area (TPSA) is 49.4 Å². The molecule has 1 aliphatic heterocycles. The molecule has 3 rings (SSSR count). The molecule has 2 aromatic rings. The van der Waals surface area contributed by atoms with Gasteiger partial charge in [0.1, 0.15) is 0 Å². The summed E-state index contributed by atoms with van der Waals surface area (Å²) in [6, 6.07) is 15.9. The van der Waals surface area contributed by atoms with Crippen LogP contribution in [-0.4, -0.2) is 18.4 Å². The van der Waals surface area contributed by atoms with Crippen LogP contribution in [0.15, 0.2) is 48.5 Å². The smallest absolute Gasteiger partial charge is 0.230 e. The molecule has 142 valence electrons. The number of nitrogens with one attached hydrogen (secondary N) is 1. The number of amides is 2. The Morgan fingerprint density at radius 2 is 1.85 bits per heavy atom. The van der Waals surface area contributed by atoms with E-state index in [0.717, 1.165) is 29.8 Å². The van der Waals surface area contributed by atoms with Crippen molar-refractivity contribution < 1.29 is 9.59 Å². The van der Waals surface area contributed by atoms with Crippen LogP contribution in [0, 0.1) is 6.92 Å². The highest BCUT2D eigenvalue weighted by atomic mass is 16.2. The van der Waals surface area contributed by atoms with Gasteiger partial charge < -0.3 is 10.2 Å². The van der Waals surface area contributed by atoms with Gasteiger partial charge in [-0.25, -0.2) is 0 Å². The fourth-order valence-electron chi connectivity index (χ4n) is 3.44. The Morgan fingerprint density at radius 1 is 1.15 bits per heavy atom. The van der Waals surface area contributed by atoms with Crippen molar-refractivity contribution in [1.29, 1.82) is 0 Å². The zero-order valence-electron chi connectivity index (χ0n) is 16.6. The number of carbonyl (C=O) groups is 2. The second-order valence-corrected chi connectivity index (χ2v) is 7.93. The normalized spacial score (nSPS) is 15.7. The van der Waals surface area contributed by atoms with Crippen molar-refractivity contribution in [3.05, 3.63) is 65.2 Å². The summed E-state index contributed by atoms with van der Waals surface area (Å²) in [4.78, 5) is 26.8. The lowest BCUT2D eigenvalue weighted by Crippen LogP contribution is -2.41. The second kappa shape index (κ2) is 7.55. The van der Waals surface area contributed by atoms with Gasteiger partial charge in [0.25, 0.3) is 0 Å². The molecule has 0 saturated carbocycles. The van der Waals surface area contributed by atoms with E-state index in [1.165, 1.54) is 5.56 Å². The van der Waals surface area contributed by atoms with E-state index in [-0.39, 0.29) is 17.9 Å². The van der Waals surface area contributed by atoms with Crippen LogP contribution in [0.2, 0.25) is 0 Å². The van der Waals surface area contributed by atoms with E-state index in [2.05, 4.69) is 5.32 Å². The molecule has 1 N–H and O–H groups in total. The average Bonchev–Trinajstić information content (AvgIpc) is 3.08. The fourth-order valence-corrected chi connectivity index (χ4v) is 3.44. The van der Waals surface area contributed by atoms with Crippen molar-refractivity contribution in [3.63, 3.8) is 0 Å². The highest BCUT2D eigenvalue weighted by Gasteiger charge is 2.31. The first-order chi connectivity index (χ1) is 12.8. The molecule has 1 fully saturated rings. The molecule has 0 aromatic heterocycles. The maximum Gasteiger partial charge on any atom is 0.230 e. The number of hydrogen-bond donors (Lipinski definition) is 1. The van der Waals surface area contributed by atoms with Gasteiger partial charge >= 0.3 is 0 Å². The molecule has 4 nitrogen and oxygen atoms in total. The molecular formula is C23H28N2O2. The Bertz CT molecular complexity index is 840. The van der Waals surface area contributed by atoms with E-state index < -0.39 is 5.41 Å². The van der Waals surface area contributed by atoms with Crippen LogP contribution in [0.1, 0.15) is 56.3 Å². The first-order valence-corrected chi connectivity index (χ1v) is 9.57. The van der Waals surface area contributed by atoms with Crippen LogP contribution in [0.25, 0.3) is 0 Å². The molecule has 2 amide bonds. The molecule has 1 saturated heterocycles. The molecule has 0 radical (unpaired) electrons. The number of aryl methyl sites for hydroxylation is 1. The summed E-state index contributed by atoms with van der Waals surface area (Å²) in [5.74, 6) is 0.158. The Balaban J connectivity index is 1.74. The molecule has 0 spiro atoms. The molecule has 27 heavy (non-hydrogen) atoms. The van der Waals surface area contributed by atoms with Crippen molar-refractivity contribution in [1.82, 2.24) is 5.32 Å². The van der Waals surface area contributed by atoms with Gasteiger partial charge in [0, 0.05) is 18.7 Å². The summed E-state index contributed by atoms with van der Waals surface area (Å²) in [5.41, 5.74) is 3.46. The van der Waals surface area contributed by atoms with Crippen molar-refractivity contribution in [2.24, 2.45) is 0 Å². The molecule has 0 aliphatic carbocycles. The van der Waals surface area contributed by atoms with Gasteiger partial charge in [-0.2, -0.15) is 0 Å². The standard InChI is InChI=1S/C23H28N2O2/c1-16-10-12-19(13-11-16)23(3,4)22(27)24-17(2)18-7-5-8-20(15-18)25-14-6-9-21(25)26/h5,7-8,10-13,15,17H,6,9,14H2,1-4H3,(H,24,27). The maximum atomic E-state index is 13.0. The van der Waals surface area contributed by atoms with Crippen molar-refractivity contribution in [2.75, 3.05) is 11.4 Å². The van der Waals surface area contributed by atoms with Gasteiger partial charge in [-0.1, -0.05) is 42.0 Å². The number of anilines is 1. The van der Waals surface area contributed by atoms with Crippen LogP contribution in [0.3, 0.4) is 0 Å². The zero-order valence-corrected chi connectivity index (χ0v) is 16.6. The van der Waals surface area contributed by atoms with Crippen molar-refractivity contribution in [2.45, 2.75) is 52.0 Å². The number of rotatable bonds is 5. The summed E-state index contributed by atoms with van der Waals surface area (Å²) in [6.07, 6.45) is 1.52. The SMILES string of the molecule is Cc1ccc(C(C)(C)C(=O)NC(C)c2cccc(N3CCCC3=O)c2)cc1. The molecule has 1 unspecified atom stereocenters. The molecule has 1 heterocycles. The second-order valence-electron chi connectivity index (χ2n) is 7.93. The number of nitrogens with zero attached hydrogens (tertiary/aromatic N) is 1. The van der Waals surface area contributed by atoms with Crippen molar-refractivity contribution in [3.8, 4) is 0 Å². The van der Waals surface area contributed by atoms with Crippen LogP contribution >= 0.6 is 0 Å². The molecule has 1 atom stereocenters. The van der Waals surface area contributed by atoms with Gasteiger partial charge in [0.15, 0.2) is 0 Å². The molecular weight excluding hydrogens is 336 g/mol. The quantitative estimate of drug-likeness (QED) is 0.861. The number of benzene rings is 2. The summed E-state index contributed by atoms with van der Waals surface area (Å²) < 4.78 is 0. The van der Waals surface area contributed by atoms with E-state index in [1.807, 2.05) is 81.1 Å². The Hall–Kier alpha value is -2.62. The highest BCUT2D eigenvalue weighted by molar-refractivity contribution is 5.95. The lowest BCUT2D eigenvalue weighted by molar-refractivity contribution is -0.126. The van der Waals surface area contributed by atoms with E-state index in [0.29, 0.717) is 6.42 Å². The van der Waals surface area contributed by atoms with Gasteiger partial charge in [-0.15, -0.1) is 0 Å². The predicted octanol–water partition coefficient (Wildman–Crippen LogP) is 4.28. The first-order valence-electron chi connectivity index (χ1n) is 9.57. The third kappa shape index (κ3) is 4.05. The minimum absolute atomic E-state index is 0.0125. The molecule has 0 bridgehead atoms. The summed E-state index contributed by atoms with van der Waals surface area (Å²) in [7, 11) is 0. The van der Waals surface area contributed by atoms with Crippen LogP contribution in [0.5, 0.6) is 0 Å².